The lowest BCUT2D eigenvalue weighted by Gasteiger charge is -2.07. The van der Waals surface area contributed by atoms with Crippen molar-refractivity contribution in [2.75, 3.05) is 5.32 Å². The number of fused-ring (bicyclic) bond motifs is 1. The quantitative estimate of drug-likeness (QED) is 0.726. The second-order valence-electron chi connectivity index (χ2n) is 5.05. The lowest BCUT2D eigenvalue weighted by Crippen LogP contribution is -2.14. The van der Waals surface area contributed by atoms with E-state index in [1.54, 1.807) is 18.2 Å². The average Bonchev–Trinajstić information content (AvgIpc) is 2.93. The van der Waals surface area contributed by atoms with Crippen LogP contribution in [0.2, 0.25) is 0 Å². The third-order valence-electron chi connectivity index (χ3n) is 3.36. The topological polar surface area (TPSA) is 68.5 Å². The van der Waals surface area contributed by atoms with Crippen molar-refractivity contribution >= 4 is 28.5 Å². The summed E-state index contributed by atoms with van der Waals surface area (Å²) in [5.74, 6) is -0.151. The van der Waals surface area contributed by atoms with E-state index in [1.807, 2.05) is 36.4 Å². The van der Waals surface area contributed by atoms with E-state index in [0.29, 0.717) is 16.7 Å². The van der Waals surface area contributed by atoms with Gasteiger partial charge in [-0.25, -0.2) is 4.79 Å². The molecule has 0 saturated carbocycles. The average molecular weight is 309 g/mol. The van der Waals surface area contributed by atoms with Crippen molar-refractivity contribution < 1.29 is 18.7 Å². The van der Waals surface area contributed by atoms with Gasteiger partial charge in [0.15, 0.2) is 11.5 Å². The predicted molar refractivity (Wildman–Crippen MR) is 86.5 cm³/mol. The van der Waals surface area contributed by atoms with Gasteiger partial charge in [-0.1, -0.05) is 42.5 Å². The number of nitrogens with one attached hydrogen (secondary N) is 1. The Kier molecular flexibility index (Phi) is 4.10. The van der Waals surface area contributed by atoms with Gasteiger partial charge in [-0.05, 0) is 17.7 Å². The molecule has 0 bridgehead atoms. The van der Waals surface area contributed by atoms with Crippen LogP contribution in [0.5, 0.6) is 0 Å². The molecule has 0 aliphatic rings. The van der Waals surface area contributed by atoms with Crippen molar-refractivity contribution in [1.82, 2.24) is 0 Å². The van der Waals surface area contributed by atoms with Gasteiger partial charge in [0.2, 0.25) is 0 Å². The van der Waals surface area contributed by atoms with Crippen LogP contribution in [0, 0.1) is 0 Å². The van der Waals surface area contributed by atoms with Crippen LogP contribution >= 0.6 is 0 Å². The van der Waals surface area contributed by atoms with E-state index in [4.69, 9.17) is 9.15 Å². The molecule has 0 fully saturated rings. The van der Waals surface area contributed by atoms with Crippen molar-refractivity contribution in [3.8, 4) is 0 Å². The molecule has 23 heavy (non-hydrogen) atoms. The fraction of sp³-hybridized carbons (Fsp3) is 0.111. The highest BCUT2D eigenvalue weighted by atomic mass is 16.5. The normalized spacial score (nSPS) is 10.5. The fourth-order valence-corrected chi connectivity index (χ4v) is 2.28. The molecule has 0 spiro atoms. The molecule has 3 rings (SSSR count). The number of ketones is 1. The standard InChI is InChI=1S/C18H15NO4/c1-12(20)17-16(14-9-5-6-10-15(14)23-17)19-18(21)22-11-13-7-3-2-4-8-13/h2-10H,11H2,1H3,(H,19,21). The van der Waals surface area contributed by atoms with Crippen LogP contribution in [-0.4, -0.2) is 11.9 Å². The summed E-state index contributed by atoms with van der Waals surface area (Å²) in [6.07, 6.45) is -0.636. The molecule has 0 aliphatic heterocycles. The van der Waals surface area contributed by atoms with Crippen LogP contribution in [0.25, 0.3) is 11.0 Å². The van der Waals surface area contributed by atoms with Crippen molar-refractivity contribution in [1.29, 1.82) is 0 Å². The van der Waals surface area contributed by atoms with Gasteiger partial charge in [0.1, 0.15) is 17.9 Å². The Balaban J connectivity index is 1.79. The first kappa shape index (κ1) is 14.8. The van der Waals surface area contributed by atoms with Gasteiger partial charge < -0.3 is 9.15 Å². The van der Waals surface area contributed by atoms with Gasteiger partial charge in [0.05, 0.1) is 0 Å². The molecule has 0 saturated heterocycles. The minimum atomic E-state index is -0.636. The number of benzene rings is 2. The molecule has 3 aromatic rings. The number of Topliss-reactive ketones (excluding diaryl/α,β-unsaturated/α-hetero) is 1. The largest absolute Gasteiger partial charge is 0.451 e. The number of anilines is 1. The van der Waals surface area contributed by atoms with Gasteiger partial charge in [-0.3, -0.25) is 10.1 Å². The van der Waals surface area contributed by atoms with E-state index < -0.39 is 6.09 Å². The highest BCUT2D eigenvalue weighted by Crippen LogP contribution is 2.31. The Bertz CT molecular complexity index is 852. The number of hydrogen-bond acceptors (Lipinski definition) is 4. The zero-order valence-corrected chi connectivity index (χ0v) is 12.5. The number of amides is 1. The number of carbonyl (C=O) groups excluding carboxylic acids is 2. The summed E-state index contributed by atoms with van der Waals surface area (Å²) in [5, 5.41) is 3.27. The summed E-state index contributed by atoms with van der Waals surface area (Å²) in [5.41, 5.74) is 1.76. The van der Waals surface area contributed by atoms with Crippen molar-refractivity contribution in [3.05, 3.63) is 65.9 Å². The highest BCUT2D eigenvalue weighted by molar-refractivity contribution is 6.09. The molecule has 1 heterocycles. The summed E-state index contributed by atoms with van der Waals surface area (Å²) in [7, 11) is 0. The second kappa shape index (κ2) is 6.36. The Morgan fingerprint density at radius 3 is 2.48 bits per heavy atom. The first-order valence-corrected chi connectivity index (χ1v) is 7.15. The fourth-order valence-electron chi connectivity index (χ4n) is 2.28. The van der Waals surface area contributed by atoms with Gasteiger partial charge in [-0.2, -0.15) is 0 Å². The molecule has 0 atom stereocenters. The number of hydrogen-bond donors (Lipinski definition) is 1. The van der Waals surface area contributed by atoms with Crippen molar-refractivity contribution in [2.24, 2.45) is 0 Å². The van der Waals surface area contributed by atoms with Crippen LogP contribution < -0.4 is 5.32 Å². The first-order valence-electron chi connectivity index (χ1n) is 7.15. The number of rotatable bonds is 4. The molecule has 0 unspecified atom stereocenters. The lowest BCUT2D eigenvalue weighted by atomic mass is 10.2. The number of para-hydroxylation sites is 1. The molecule has 116 valence electrons. The maximum atomic E-state index is 12.0. The van der Waals surface area contributed by atoms with E-state index >= 15 is 0 Å². The predicted octanol–water partition coefficient (Wildman–Crippen LogP) is 4.38. The van der Waals surface area contributed by atoms with E-state index in [-0.39, 0.29) is 18.2 Å². The summed E-state index contributed by atoms with van der Waals surface area (Å²) in [4.78, 5) is 23.7. The minimum Gasteiger partial charge on any atom is -0.451 e. The number of carbonyl (C=O) groups is 2. The SMILES string of the molecule is CC(=O)c1oc2ccccc2c1NC(=O)OCc1ccccc1. The number of ether oxygens (including phenoxy) is 1. The molecule has 1 amide bonds. The molecular weight excluding hydrogens is 294 g/mol. The smallest absolute Gasteiger partial charge is 0.412 e. The molecule has 5 heteroatoms. The molecule has 5 nitrogen and oxygen atoms in total. The molecule has 2 aromatic carbocycles. The monoisotopic (exact) mass is 309 g/mol. The second-order valence-corrected chi connectivity index (χ2v) is 5.05. The van der Waals surface area contributed by atoms with Crippen molar-refractivity contribution in [2.45, 2.75) is 13.5 Å². The van der Waals surface area contributed by atoms with Crippen LogP contribution in [0.3, 0.4) is 0 Å². The van der Waals surface area contributed by atoms with Crippen LogP contribution in [0.4, 0.5) is 10.5 Å². The van der Waals surface area contributed by atoms with E-state index in [9.17, 15) is 9.59 Å². The third kappa shape index (κ3) is 3.23. The van der Waals surface area contributed by atoms with Gasteiger partial charge in [-0.15, -0.1) is 0 Å². The van der Waals surface area contributed by atoms with Crippen LogP contribution in [-0.2, 0) is 11.3 Å². The van der Waals surface area contributed by atoms with E-state index in [0.717, 1.165) is 5.56 Å². The zero-order chi connectivity index (χ0) is 16.2. The lowest BCUT2D eigenvalue weighted by molar-refractivity contribution is 0.0990. The van der Waals surface area contributed by atoms with Gasteiger partial charge in [0.25, 0.3) is 0 Å². The molecule has 1 N–H and O–H groups in total. The maximum Gasteiger partial charge on any atom is 0.412 e. The molecular formula is C18H15NO4. The van der Waals surface area contributed by atoms with Crippen molar-refractivity contribution in [3.63, 3.8) is 0 Å². The molecule has 0 aliphatic carbocycles. The zero-order valence-electron chi connectivity index (χ0n) is 12.5. The summed E-state index contributed by atoms with van der Waals surface area (Å²) < 4.78 is 10.7. The van der Waals surface area contributed by atoms with Crippen LogP contribution in [0.15, 0.2) is 59.0 Å². The Morgan fingerprint density at radius 2 is 1.74 bits per heavy atom. The molecule has 1 aromatic heterocycles. The van der Waals surface area contributed by atoms with Gasteiger partial charge in [0, 0.05) is 12.3 Å². The third-order valence-corrected chi connectivity index (χ3v) is 3.36. The maximum absolute atomic E-state index is 12.0. The highest BCUT2D eigenvalue weighted by Gasteiger charge is 2.19. The van der Waals surface area contributed by atoms with E-state index in [2.05, 4.69) is 5.32 Å². The Labute approximate surface area is 132 Å². The Hall–Kier alpha value is -3.08. The van der Waals surface area contributed by atoms with Crippen LogP contribution in [0.1, 0.15) is 23.0 Å². The number of furan rings is 1. The van der Waals surface area contributed by atoms with E-state index in [1.165, 1.54) is 6.92 Å². The Morgan fingerprint density at radius 1 is 1.04 bits per heavy atom. The first-order chi connectivity index (χ1) is 11.1. The van der Waals surface area contributed by atoms with Gasteiger partial charge >= 0.3 is 6.09 Å². The minimum absolute atomic E-state index is 0.114. The summed E-state index contributed by atoms with van der Waals surface area (Å²) in [6.45, 7) is 1.54. The summed E-state index contributed by atoms with van der Waals surface area (Å²) in [6, 6.07) is 16.5. The summed E-state index contributed by atoms with van der Waals surface area (Å²) >= 11 is 0. The molecule has 0 radical (unpaired) electrons.